The number of anilines is 3. The Bertz CT molecular complexity index is 1250. The van der Waals surface area contributed by atoms with Gasteiger partial charge in [-0.1, -0.05) is 60.8 Å². The van der Waals surface area contributed by atoms with Crippen LogP contribution < -0.4 is 9.80 Å². The van der Waals surface area contributed by atoms with Gasteiger partial charge in [-0.3, -0.25) is 4.79 Å². The number of amides is 1. The van der Waals surface area contributed by atoms with Gasteiger partial charge >= 0.3 is 0 Å². The topological polar surface area (TPSA) is 84.2 Å². The van der Waals surface area contributed by atoms with Gasteiger partial charge in [0.25, 0.3) is 5.91 Å². The lowest BCUT2D eigenvalue weighted by Gasteiger charge is -2.28. The van der Waals surface area contributed by atoms with Crippen LogP contribution >= 0.6 is 0 Å². The predicted octanol–water partition coefficient (Wildman–Crippen LogP) is 8.51. The van der Waals surface area contributed by atoms with Crippen LogP contribution in [0.5, 0.6) is 17.2 Å². The highest BCUT2D eigenvalue weighted by Crippen LogP contribution is 2.50. The molecule has 0 saturated heterocycles. The van der Waals surface area contributed by atoms with Crippen LogP contribution in [0.15, 0.2) is 65.3 Å². The number of hydrogen-bond donors (Lipinski definition) is 3. The van der Waals surface area contributed by atoms with Crippen molar-refractivity contribution in [1.29, 1.82) is 0 Å². The van der Waals surface area contributed by atoms with Crippen molar-refractivity contribution < 1.29 is 20.1 Å². The van der Waals surface area contributed by atoms with Gasteiger partial charge < -0.3 is 25.1 Å². The van der Waals surface area contributed by atoms with Gasteiger partial charge in [-0.2, -0.15) is 0 Å². The molecule has 0 fully saturated rings. The molecule has 6 nitrogen and oxygen atoms in total. The van der Waals surface area contributed by atoms with E-state index in [1.807, 2.05) is 11.0 Å². The molecule has 6 heteroatoms. The van der Waals surface area contributed by atoms with E-state index in [0.717, 1.165) is 50.5 Å². The van der Waals surface area contributed by atoms with E-state index in [2.05, 4.69) is 46.8 Å². The van der Waals surface area contributed by atoms with Crippen molar-refractivity contribution in [3.8, 4) is 17.2 Å². The zero-order valence-electron chi connectivity index (χ0n) is 24.1. The first kappa shape index (κ1) is 29.9. The fourth-order valence-corrected chi connectivity index (χ4v) is 4.94. The van der Waals surface area contributed by atoms with Crippen molar-refractivity contribution in [2.24, 2.45) is 0 Å². The average molecular weight is 533 g/mol. The van der Waals surface area contributed by atoms with Crippen LogP contribution in [0.2, 0.25) is 0 Å². The summed E-state index contributed by atoms with van der Waals surface area (Å²) in [5, 5.41) is 32.2. The third kappa shape index (κ3) is 7.69. The third-order valence-electron chi connectivity index (χ3n) is 7.11. The number of nitrogens with zero attached hydrogens (tertiary/aromatic N) is 2. The molecule has 0 unspecified atom stereocenters. The number of phenols is 3. The standard InChI is InChI=1S/C33H44N2O4/c1-6-7-8-19-35-31-27(16-11-17-29(31)37)33(39)34(28-21-26(36)22-30(38)32(28)35)20-18-25(5)15-10-14-24(4)13-9-12-23(2)3/h11-12,14,16-18,21-22,36-38H,6-10,13,15,19-20H2,1-5H3/b24-14+,25-18+. The summed E-state index contributed by atoms with van der Waals surface area (Å²) in [6.07, 6.45) is 13.3. The van der Waals surface area contributed by atoms with Gasteiger partial charge in [0.05, 0.1) is 16.9 Å². The van der Waals surface area contributed by atoms with Crippen molar-refractivity contribution in [2.75, 3.05) is 22.9 Å². The lowest BCUT2D eigenvalue weighted by Crippen LogP contribution is -2.30. The molecule has 1 aliphatic heterocycles. The van der Waals surface area contributed by atoms with Gasteiger partial charge in [-0.15, -0.1) is 0 Å². The number of phenolic OH excluding ortho intramolecular Hbond substituents is 3. The normalized spacial score (nSPS) is 13.7. The molecule has 1 amide bonds. The molecule has 210 valence electrons. The van der Waals surface area contributed by atoms with Gasteiger partial charge in [0, 0.05) is 25.2 Å². The van der Waals surface area contributed by atoms with Gasteiger partial charge in [0.1, 0.15) is 22.9 Å². The van der Waals surface area contributed by atoms with E-state index in [0.29, 0.717) is 29.2 Å². The molecule has 0 bridgehead atoms. The fraction of sp³-hybridized carbons (Fsp3) is 0.424. The lowest BCUT2D eigenvalue weighted by atomic mass is 10.1. The smallest absolute Gasteiger partial charge is 0.260 e. The highest BCUT2D eigenvalue weighted by Gasteiger charge is 2.34. The number of carbonyl (C=O) groups excluding carboxylic acids is 1. The Morgan fingerprint density at radius 1 is 0.821 bits per heavy atom. The first-order chi connectivity index (χ1) is 18.6. The van der Waals surface area contributed by atoms with Crippen LogP contribution in [0.3, 0.4) is 0 Å². The Labute approximate surface area is 233 Å². The number of benzene rings is 2. The van der Waals surface area contributed by atoms with Crippen LogP contribution in [0.4, 0.5) is 17.1 Å². The van der Waals surface area contributed by atoms with Crippen molar-refractivity contribution in [2.45, 2.75) is 79.6 Å². The molecule has 0 atom stereocenters. The van der Waals surface area contributed by atoms with E-state index in [-0.39, 0.29) is 29.7 Å². The van der Waals surface area contributed by atoms with Gasteiger partial charge in [0.2, 0.25) is 0 Å². The summed E-state index contributed by atoms with van der Waals surface area (Å²) < 4.78 is 0. The zero-order chi connectivity index (χ0) is 28.5. The summed E-state index contributed by atoms with van der Waals surface area (Å²) in [6.45, 7) is 11.4. The van der Waals surface area contributed by atoms with E-state index in [1.165, 1.54) is 23.3 Å². The number of allylic oxidation sites excluding steroid dienone is 5. The molecule has 39 heavy (non-hydrogen) atoms. The predicted molar refractivity (Wildman–Crippen MR) is 161 cm³/mol. The summed E-state index contributed by atoms with van der Waals surface area (Å²) in [4.78, 5) is 17.3. The second-order valence-electron chi connectivity index (χ2n) is 10.7. The summed E-state index contributed by atoms with van der Waals surface area (Å²) in [7, 11) is 0. The van der Waals surface area contributed by atoms with Crippen molar-refractivity contribution in [3.63, 3.8) is 0 Å². The molecular formula is C33H44N2O4. The first-order valence-electron chi connectivity index (χ1n) is 14.1. The van der Waals surface area contributed by atoms with E-state index >= 15 is 0 Å². The number of unbranched alkanes of at least 4 members (excludes halogenated alkanes) is 2. The van der Waals surface area contributed by atoms with E-state index < -0.39 is 0 Å². The quantitative estimate of drug-likeness (QED) is 0.188. The number of hydrogen-bond acceptors (Lipinski definition) is 5. The minimum absolute atomic E-state index is 0.0175. The summed E-state index contributed by atoms with van der Waals surface area (Å²) in [5.41, 5.74) is 5.46. The van der Waals surface area contributed by atoms with Gasteiger partial charge in [-0.05, 0) is 71.9 Å². The van der Waals surface area contributed by atoms with Crippen molar-refractivity contribution in [3.05, 3.63) is 70.8 Å². The van der Waals surface area contributed by atoms with Crippen LogP contribution in [0.25, 0.3) is 0 Å². The summed E-state index contributed by atoms with van der Waals surface area (Å²) >= 11 is 0. The summed E-state index contributed by atoms with van der Waals surface area (Å²) in [6, 6.07) is 7.73. The first-order valence-corrected chi connectivity index (χ1v) is 14.1. The zero-order valence-corrected chi connectivity index (χ0v) is 24.1. The number of para-hydroxylation sites is 1. The maximum atomic E-state index is 13.9. The largest absolute Gasteiger partial charge is 0.508 e. The fourth-order valence-electron chi connectivity index (χ4n) is 4.94. The molecular weight excluding hydrogens is 488 g/mol. The molecule has 0 aromatic heterocycles. The monoisotopic (exact) mass is 532 g/mol. The minimum Gasteiger partial charge on any atom is -0.508 e. The number of aromatic hydroxyl groups is 3. The molecule has 0 radical (unpaired) electrons. The molecule has 3 N–H and O–H groups in total. The Morgan fingerprint density at radius 2 is 1.51 bits per heavy atom. The number of rotatable bonds is 12. The molecule has 1 aliphatic rings. The van der Waals surface area contributed by atoms with E-state index in [4.69, 9.17) is 0 Å². The Balaban J connectivity index is 1.92. The van der Waals surface area contributed by atoms with Crippen molar-refractivity contribution >= 4 is 23.0 Å². The van der Waals surface area contributed by atoms with E-state index in [9.17, 15) is 20.1 Å². The van der Waals surface area contributed by atoms with Crippen molar-refractivity contribution in [1.82, 2.24) is 0 Å². The van der Waals surface area contributed by atoms with Crippen LogP contribution in [0, 0.1) is 0 Å². The molecule has 1 heterocycles. The maximum Gasteiger partial charge on any atom is 0.260 e. The van der Waals surface area contributed by atoms with Crippen LogP contribution in [-0.4, -0.2) is 34.3 Å². The molecule has 3 rings (SSSR count). The molecule has 2 aromatic rings. The highest BCUT2D eigenvalue weighted by molar-refractivity contribution is 6.15. The van der Waals surface area contributed by atoms with Gasteiger partial charge in [0.15, 0.2) is 0 Å². The summed E-state index contributed by atoms with van der Waals surface area (Å²) in [5.74, 6) is -0.563. The van der Waals surface area contributed by atoms with Gasteiger partial charge in [-0.25, -0.2) is 0 Å². The molecule has 0 aliphatic carbocycles. The number of fused-ring (bicyclic) bond motifs is 2. The molecule has 0 saturated carbocycles. The SMILES string of the molecule is CCCCCN1c2c(O)cccc2C(=O)N(C/C=C(\C)CC/C=C(\C)CCC=C(C)C)c2cc(O)cc(O)c21. The second kappa shape index (κ2) is 13.9. The highest BCUT2D eigenvalue weighted by atomic mass is 16.3. The van der Waals surface area contributed by atoms with Crippen LogP contribution in [-0.2, 0) is 0 Å². The maximum absolute atomic E-state index is 13.9. The third-order valence-corrected chi connectivity index (χ3v) is 7.11. The Morgan fingerprint density at radius 3 is 2.21 bits per heavy atom. The van der Waals surface area contributed by atoms with Crippen LogP contribution in [0.1, 0.15) is 89.9 Å². The lowest BCUT2D eigenvalue weighted by molar-refractivity contribution is 0.0990. The Hall–Kier alpha value is -3.67. The Kier molecular flexibility index (Phi) is 10.7. The average Bonchev–Trinajstić information content (AvgIpc) is 2.96. The molecule has 2 aromatic carbocycles. The second-order valence-corrected chi connectivity index (χ2v) is 10.7. The number of carbonyl (C=O) groups is 1. The van der Waals surface area contributed by atoms with E-state index in [1.54, 1.807) is 23.1 Å². The molecule has 0 spiro atoms. The minimum atomic E-state index is -0.288.